The molecule has 0 atom stereocenters. The van der Waals surface area contributed by atoms with Gasteiger partial charge in [0.2, 0.25) is 0 Å². The lowest BCUT2D eigenvalue weighted by molar-refractivity contribution is 0.487. The minimum Gasteiger partial charge on any atom is -0.456 e. The van der Waals surface area contributed by atoms with Gasteiger partial charge in [-0.1, -0.05) is 127 Å². The molecule has 216 valence electrons. The molecule has 1 heterocycles. The normalized spacial score (nSPS) is 11.7. The fourth-order valence-corrected chi connectivity index (χ4v) is 6.83. The highest BCUT2D eigenvalue weighted by Crippen LogP contribution is 2.50. The molecular formula is C44H29NO. The topological polar surface area (TPSA) is 12.5 Å². The molecule has 0 saturated heterocycles. The average Bonchev–Trinajstić information content (AvgIpc) is 3.13. The summed E-state index contributed by atoms with van der Waals surface area (Å²) in [5.74, 6) is 1.75. The number of benzene rings is 8. The third-order valence-corrected chi connectivity index (χ3v) is 9.04. The van der Waals surface area contributed by atoms with E-state index in [1.165, 1.54) is 44.0 Å². The molecule has 0 fully saturated rings. The highest BCUT2D eigenvalue weighted by molar-refractivity contribution is 6.10. The molecule has 8 aromatic rings. The van der Waals surface area contributed by atoms with Crippen LogP contribution in [0.25, 0.3) is 54.9 Å². The second kappa shape index (κ2) is 10.8. The van der Waals surface area contributed by atoms with E-state index in [0.29, 0.717) is 0 Å². The maximum atomic E-state index is 6.72. The van der Waals surface area contributed by atoms with E-state index in [-0.39, 0.29) is 0 Å². The molecule has 8 aromatic carbocycles. The molecule has 0 aliphatic carbocycles. The lowest BCUT2D eigenvalue weighted by Crippen LogP contribution is -2.10. The van der Waals surface area contributed by atoms with Crippen LogP contribution in [0.2, 0.25) is 0 Å². The first-order valence-electron chi connectivity index (χ1n) is 15.7. The number of nitrogens with zero attached hydrogens (tertiary/aromatic N) is 1. The molecule has 0 unspecified atom stereocenters. The molecular weight excluding hydrogens is 558 g/mol. The van der Waals surface area contributed by atoms with Gasteiger partial charge in [0.05, 0.1) is 0 Å². The molecule has 1 aliphatic rings. The lowest BCUT2D eigenvalue weighted by Gasteiger charge is -2.28. The number of anilines is 3. The molecule has 0 N–H and O–H groups in total. The van der Waals surface area contributed by atoms with Crippen molar-refractivity contribution in [3.63, 3.8) is 0 Å². The van der Waals surface area contributed by atoms with Gasteiger partial charge in [-0.05, 0) is 86.4 Å². The zero-order valence-corrected chi connectivity index (χ0v) is 25.1. The molecule has 2 heteroatoms. The van der Waals surface area contributed by atoms with Gasteiger partial charge in [-0.2, -0.15) is 0 Å². The highest BCUT2D eigenvalue weighted by Gasteiger charge is 2.23. The summed E-state index contributed by atoms with van der Waals surface area (Å²) >= 11 is 0. The van der Waals surface area contributed by atoms with Crippen molar-refractivity contribution in [3.8, 4) is 44.9 Å². The van der Waals surface area contributed by atoms with E-state index in [9.17, 15) is 0 Å². The third kappa shape index (κ3) is 4.43. The first kappa shape index (κ1) is 26.3. The van der Waals surface area contributed by atoms with Gasteiger partial charge < -0.3 is 9.64 Å². The van der Waals surface area contributed by atoms with Crippen molar-refractivity contribution in [3.05, 3.63) is 176 Å². The number of hydrogen-bond donors (Lipinski definition) is 0. The first-order valence-corrected chi connectivity index (χ1v) is 15.7. The zero-order chi connectivity index (χ0) is 30.5. The lowest BCUT2D eigenvalue weighted by atomic mass is 9.90. The quantitative estimate of drug-likeness (QED) is 0.199. The van der Waals surface area contributed by atoms with Crippen LogP contribution in [-0.2, 0) is 0 Å². The largest absolute Gasteiger partial charge is 0.456 e. The van der Waals surface area contributed by atoms with E-state index in [0.717, 1.165) is 39.5 Å². The van der Waals surface area contributed by atoms with Gasteiger partial charge in [0.15, 0.2) is 0 Å². The van der Waals surface area contributed by atoms with Crippen molar-refractivity contribution in [2.24, 2.45) is 0 Å². The van der Waals surface area contributed by atoms with Gasteiger partial charge in [0, 0.05) is 34.1 Å². The molecule has 0 spiro atoms. The third-order valence-electron chi connectivity index (χ3n) is 9.04. The summed E-state index contributed by atoms with van der Waals surface area (Å²) in [6, 6.07) is 62.6. The maximum absolute atomic E-state index is 6.72. The summed E-state index contributed by atoms with van der Waals surface area (Å²) in [6.45, 7) is 0. The fraction of sp³-hybridized carbons (Fsp3) is 0. The van der Waals surface area contributed by atoms with Crippen LogP contribution in [0, 0.1) is 0 Å². The standard InChI is InChI=1S/C44H29NO/c1-3-10-30(11-4-1)32-18-21-35(22-19-32)45(36-23-20-31-12-7-8-15-34(31)28-36)37-24-25-39-41-17-9-16-40-38(33-13-5-2-6-14-33)26-27-42(44(40)41)46-43(39)29-37/h1-29H. The van der Waals surface area contributed by atoms with E-state index < -0.39 is 0 Å². The average molecular weight is 588 g/mol. The maximum Gasteiger partial charge on any atom is 0.137 e. The molecule has 1 aliphatic heterocycles. The van der Waals surface area contributed by atoms with Crippen molar-refractivity contribution >= 4 is 38.6 Å². The van der Waals surface area contributed by atoms with Crippen LogP contribution >= 0.6 is 0 Å². The van der Waals surface area contributed by atoms with E-state index in [2.05, 4.69) is 181 Å². The number of hydrogen-bond acceptors (Lipinski definition) is 2. The summed E-state index contributed by atoms with van der Waals surface area (Å²) in [5.41, 5.74) is 10.3. The Hall–Kier alpha value is -6.12. The fourth-order valence-electron chi connectivity index (χ4n) is 6.83. The van der Waals surface area contributed by atoms with E-state index in [1.807, 2.05) is 0 Å². The second-order valence-electron chi connectivity index (χ2n) is 11.8. The first-order chi connectivity index (χ1) is 22.8. The van der Waals surface area contributed by atoms with Gasteiger partial charge in [-0.15, -0.1) is 0 Å². The Labute approximate surface area is 268 Å². The second-order valence-corrected chi connectivity index (χ2v) is 11.8. The van der Waals surface area contributed by atoms with Crippen LogP contribution < -0.4 is 9.64 Å². The van der Waals surface area contributed by atoms with Gasteiger partial charge in [-0.25, -0.2) is 0 Å². The van der Waals surface area contributed by atoms with Crippen LogP contribution in [-0.4, -0.2) is 0 Å². The van der Waals surface area contributed by atoms with Crippen LogP contribution in [0.15, 0.2) is 176 Å². The molecule has 2 nitrogen and oxygen atoms in total. The number of ether oxygens (including phenoxy) is 1. The Morgan fingerprint density at radius 3 is 1.78 bits per heavy atom. The van der Waals surface area contributed by atoms with E-state index >= 15 is 0 Å². The van der Waals surface area contributed by atoms with Crippen molar-refractivity contribution in [2.75, 3.05) is 4.90 Å². The molecule has 0 saturated carbocycles. The Kier molecular flexibility index (Phi) is 6.17. The van der Waals surface area contributed by atoms with Crippen molar-refractivity contribution in [1.82, 2.24) is 0 Å². The smallest absolute Gasteiger partial charge is 0.137 e. The van der Waals surface area contributed by atoms with Crippen LogP contribution in [0.4, 0.5) is 17.1 Å². The SMILES string of the molecule is c1ccc(-c2ccc(N(c3ccc4c(c3)Oc3ccc(-c5ccccc5)c5cccc-4c35)c3ccc4ccccc4c3)cc2)cc1. The molecule has 0 amide bonds. The summed E-state index contributed by atoms with van der Waals surface area (Å²) in [4.78, 5) is 2.32. The predicted octanol–water partition coefficient (Wildman–Crippen LogP) is 12.6. The summed E-state index contributed by atoms with van der Waals surface area (Å²) in [5, 5.41) is 4.79. The predicted molar refractivity (Wildman–Crippen MR) is 193 cm³/mol. The van der Waals surface area contributed by atoms with Crippen LogP contribution in [0.3, 0.4) is 0 Å². The van der Waals surface area contributed by atoms with Crippen molar-refractivity contribution in [1.29, 1.82) is 0 Å². The monoisotopic (exact) mass is 587 g/mol. The van der Waals surface area contributed by atoms with Crippen LogP contribution in [0.1, 0.15) is 0 Å². The van der Waals surface area contributed by atoms with Crippen molar-refractivity contribution in [2.45, 2.75) is 0 Å². The van der Waals surface area contributed by atoms with Gasteiger partial charge in [0.1, 0.15) is 11.5 Å². The minimum atomic E-state index is 0.858. The Bertz CT molecular complexity index is 2380. The number of rotatable bonds is 5. The Morgan fingerprint density at radius 2 is 0.978 bits per heavy atom. The van der Waals surface area contributed by atoms with Crippen LogP contribution in [0.5, 0.6) is 11.5 Å². The summed E-state index contributed by atoms with van der Waals surface area (Å²) in [7, 11) is 0. The van der Waals surface area contributed by atoms with Crippen molar-refractivity contribution < 1.29 is 4.74 Å². The minimum absolute atomic E-state index is 0.858. The summed E-state index contributed by atoms with van der Waals surface area (Å²) in [6.07, 6.45) is 0. The van der Waals surface area contributed by atoms with E-state index in [4.69, 9.17) is 4.74 Å². The Morgan fingerprint density at radius 1 is 0.348 bits per heavy atom. The molecule has 46 heavy (non-hydrogen) atoms. The molecule has 0 bridgehead atoms. The number of fused-ring (bicyclic) bond motifs is 3. The molecule has 9 rings (SSSR count). The van der Waals surface area contributed by atoms with Gasteiger partial charge in [-0.3, -0.25) is 0 Å². The molecule has 0 aromatic heterocycles. The van der Waals surface area contributed by atoms with Gasteiger partial charge >= 0.3 is 0 Å². The van der Waals surface area contributed by atoms with E-state index in [1.54, 1.807) is 0 Å². The van der Waals surface area contributed by atoms with Gasteiger partial charge in [0.25, 0.3) is 0 Å². The highest BCUT2D eigenvalue weighted by atomic mass is 16.5. The summed E-state index contributed by atoms with van der Waals surface area (Å²) < 4.78 is 6.72. The zero-order valence-electron chi connectivity index (χ0n) is 25.1. The Balaban J connectivity index is 1.18. The molecule has 0 radical (unpaired) electrons.